The third-order valence-electron chi connectivity index (χ3n) is 4.93. The topological polar surface area (TPSA) is 158 Å². The molecule has 2 heterocycles. The maximum absolute atomic E-state index is 10.1. The zero-order chi connectivity index (χ0) is 19.7. The number of rotatable bonds is 5. The summed E-state index contributed by atoms with van der Waals surface area (Å²) < 4.78 is 0. The highest BCUT2D eigenvalue weighted by molar-refractivity contribution is 6.32. The van der Waals surface area contributed by atoms with Crippen LogP contribution >= 0.6 is 11.6 Å². The SMILES string of the molecule is NC1CCC(Nc2nc(NCc3ccc(Cl)c(O)c3O)c3nn[nH]c3n2)CC1. The van der Waals surface area contributed by atoms with Crippen LogP contribution in [-0.2, 0) is 6.54 Å². The zero-order valence-electron chi connectivity index (χ0n) is 15.0. The molecule has 11 heteroatoms. The van der Waals surface area contributed by atoms with Crippen molar-refractivity contribution in [1.29, 1.82) is 0 Å². The average molecular weight is 405 g/mol. The fraction of sp³-hybridized carbons (Fsp3) is 0.412. The van der Waals surface area contributed by atoms with Crippen molar-refractivity contribution in [3.05, 3.63) is 22.7 Å². The summed E-state index contributed by atoms with van der Waals surface area (Å²) in [7, 11) is 0. The lowest BCUT2D eigenvalue weighted by Crippen LogP contribution is -2.33. The van der Waals surface area contributed by atoms with E-state index >= 15 is 0 Å². The van der Waals surface area contributed by atoms with E-state index in [0.29, 0.717) is 28.5 Å². The monoisotopic (exact) mass is 404 g/mol. The van der Waals surface area contributed by atoms with Crippen LogP contribution in [0.4, 0.5) is 11.8 Å². The van der Waals surface area contributed by atoms with E-state index in [1.807, 2.05) is 0 Å². The number of aromatic amines is 1. The molecule has 10 nitrogen and oxygen atoms in total. The van der Waals surface area contributed by atoms with Crippen LogP contribution in [0, 0.1) is 0 Å². The van der Waals surface area contributed by atoms with Gasteiger partial charge in [-0.1, -0.05) is 22.9 Å². The Bertz CT molecular complexity index is 987. The van der Waals surface area contributed by atoms with Crippen molar-refractivity contribution in [2.45, 2.75) is 44.3 Å². The van der Waals surface area contributed by atoms with E-state index in [-0.39, 0.29) is 35.2 Å². The van der Waals surface area contributed by atoms with Crippen LogP contribution in [0.3, 0.4) is 0 Å². The molecule has 148 valence electrons. The number of H-pyrrole nitrogens is 1. The number of hydrogen-bond acceptors (Lipinski definition) is 9. The molecule has 7 N–H and O–H groups in total. The molecule has 1 aliphatic carbocycles. The second-order valence-electron chi connectivity index (χ2n) is 6.92. The van der Waals surface area contributed by atoms with Gasteiger partial charge in [-0.3, -0.25) is 0 Å². The number of aromatic nitrogens is 5. The van der Waals surface area contributed by atoms with E-state index in [9.17, 15) is 10.2 Å². The molecule has 28 heavy (non-hydrogen) atoms. The summed E-state index contributed by atoms with van der Waals surface area (Å²) >= 11 is 5.80. The van der Waals surface area contributed by atoms with Gasteiger partial charge in [0.2, 0.25) is 5.95 Å². The van der Waals surface area contributed by atoms with Crippen molar-refractivity contribution in [3.8, 4) is 11.5 Å². The summed E-state index contributed by atoms with van der Waals surface area (Å²) in [5.41, 5.74) is 7.41. The Morgan fingerprint density at radius 3 is 2.71 bits per heavy atom. The van der Waals surface area contributed by atoms with Crippen molar-refractivity contribution in [2.24, 2.45) is 5.73 Å². The molecule has 0 amide bonds. The van der Waals surface area contributed by atoms with Crippen LogP contribution in [0.2, 0.25) is 5.02 Å². The van der Waals surface area contributed by atoms with Gasteiger partial charge in [0.25, 0.3) is 0 Å². The number of nitrogens with two attached hydrogens (primary N) is 1. The molecule has 0 radical (unpaired) electrons. The average Bonchev–Trinajstić information content (AvgIpc) is 3.16. The molecule has 0 saturated heterocycles. The van der Waals surface area contributed by atoms with Gasteiger partial charge in [0, 0.05) is 24.2 Å². The number of nitrogens with zero attached hydrogens (tertiary/aromatic N) is 4. The fourth-order valence-electron chi connectivity index (χ4n) is 3.30. The van der Waals surface area contributed by atoms with Crippen molar-refractivity contribution < 1.29 is 10.2 Å². The van der Waals surface area contributed by atoms with Crippen LogP contribution in [-0.4, -0.2) is 47.7 Å². The summed E-state index contributed by atoms with van der Waals surface area (Å²) in [4.78, 5) is 8.94. The molecule has 0 unspecified atom stereocenters. The second-order valence-corrected chi connectivity index (χ2v) is 7.33. The zero-order valence-corrected chi connectivity index (χ0v) is 15.7. The van der Waals surface area contributed by atoms with Crippen LogP contribution in [0.25, 0.3) is 11.2 Å². The van der Waals surface area contributed by atoms with Gasteiger partial charge in [-0.2, -0.15) is 9.97 Å². The summed E-state index contributed by atoms with van der Waals surface area (Å²) in [6.45, 7) is 0.202. The first kappa shape index (κ1) is 18.5. The molecule has 0 spiro atoms. The molecule has 0 aliphatic heterocycles. The second kappa shape index (κ2) is 7.64. The number of hydrogen-bond donors (Lipinski definition) is 6. The smallest absolute Gasteiger partial charge is 0.227 e. The third kappa shape index (κ3) is 3.73. The molecule has 2 aromatic heterocycles. The van der Waals surface area contributed by atoms with E-state index in [2.05, 4.69) is 36.0 Å². The lowest BCUT2D eigenvalue weighted by molar-refractivity contribution is 0.400. The van der Waals surface area contributed by atoms with Gasteiger partial charge in [0.15, 0.2) is 28.5 Å². The number of phenolic OH excluding ortho intramolecular Hbond substituents is 2. The molecule has 0 atom stereocenters. The van der Waals surface area contributed by atoms with Crippen molar-refractivity contribution in [3.63, 3.8) is 0 Å². The van der Waals surface area contributed by atoms with E-state index in [4.69, 9.17) is 17.3 Å². The van der Waals surface area contributed by atoms with E-state index in [1.54, 1.807) is 6.07 Å². The maximum atomic E-state index is 10.1. The largest absolute Gasteiger partial charge is 0.504 e. The molecular weight excluding hydrogens is 384 g/mol. The number of aromatic hydroxyl groups is 2. The number of halogens is 1. The van der Waals surface area contributed by atoms with E-state index in [0.717, 1.165) is 25.7 Å². The van der Waals surface area contributed by atoms with Gasteiger partial charge in [0.1, 0.15) is 0 Å². The molecule has 1 saturated carbocycles. The standard InChI is InChI=1S/C17H21ClN8O2/c18-11-6-1-8(13(27)14(11)28)7-20-15-12-16(25-26-24-12)23-17(22-15)21-10-4-2-9(19)3-5-10/h1,6,9-10,27-28H,2-5,7,19H2,(H3,20,21,22,23,24,25,26). The molecule has 1 aromatic carbocycles. The third-order valence-corrected chi connectivity index (χ3v) is 5.23. The van der Waals surface area contributed by atoms with Crippen molar-refractivity contribution in [2.75, 3.05) is 10.6 Å². The quantitative estimate of drug-likeness (QED) is 0.350. The lowest BCUT2D eigenvalue weighted by Gasteiger charge is -2.26. The van der Waals surface area contributed by atoms with Crippen molar-refractivity contribution >= 4 is 34.5 Å². The van der Waals surface area contributed by atoms with E-state index in [1.165, 1.54) is 6.07 Å². The Balaban J connectivity index is 1.55. The number of anilines is 2. The van der Waals surface area contributed by atoms with Crippen LogP contribution < -0.4 is 16.4 Å². The van der Waals surface area contributed by atoms with Gasteiger partial charge in [-0.15, -0.1) is 5.10 Å². The van der Waals surface area contributed by atoms with Gasteiger partial charge in [0.05, 0.1) is 5.02 Å². The van der Waals surface area contributed by atoms with Crippen molar-refractivity contribution in [1.82, 2.24) is 25.4 Å². The Morgan fingerprint density at radius 2 is 1.93 bits per heavy atom. The van der Waals surface area contributed by atoms with Crippen LogP contribution in [0.5, 0.6) is 11.5 Å². The minimum absolute atomic E-state index is 0.0841. The summed E-state index contributed by atoms with van der Waals surface area (Å²) in [5.74, 6) is 0.294. The lowest BCUT2D eigenvalue weighted by atomic mass is 9.92. The van der Waals surface area contributed by atoms with Gasteiger partial charge >= 0.3 is 0 Å². The van der Waals surface area contributed by atoms with Crippen LogP contribution in [0.1, 0.15) is 31.2 Å². The number of fused-ring (bicyclic) bond motifs is 1. The first-order valence-corrected chi connectivity index (χ1v) is 9.43. The molecular formula is C17H21ClN8O2. The Hall–Kier alpha value is -2.85. The highest BCUT2D eigenvalue weighted by Gasteiger charge is 2.20. The molecule has 0 bridgehead atoms. The summed E-state index contributed by atoms with van der Waals surface area (Å²) in [6, 6.07) is 3.66. The number of nitrogens with one attached hydrogen (secondary N) is 3. The first-order valence-electron chi connectivity index (χ1n) is 9.05. The number of benzene rings is 1. The summed E-state index contributed by atoms with van der Waals surface area (Å²) in [5, 5.41) is 36.9. The molecule has 1 fully saturated rings. The maximum Gasteiger partial charge on any atom is 0.227 e. The van der Waals surface area contributed by atoms with Gasteiger partial charge in [-0.05, 0) is 31.7 Å². The molecule has 1 aliphatic rings. The summed E-state index contributed by atoms with van der Waals surface area (Å²) in [6.07, 6.45) is 3.86. The van der Waals surface area contributed by atoms with E-state index < -0.39 is 0 Å². The first-order chi connectivity index (χ1) is 13.5. The minimum Gasteiger partial charge on any atom is -0.504 e. The highest BCUT2D eigenvalue weighted by Crippen LogP contribution is 2.36. The Morgan fingerprint density at radius 1 is 1.14 bits per heavy atom. The fourth-order valence-corrected chi connectivity index (χ4v) is 3.45. The predicted molar refractivity (Wildman–Crippen MR) is 105 cm³/mol. The Labute approximate surface area is 165 Å². The normalized spacial score (nSPS) is 19.6. The van der Waals surface area contributed by atoms with Crippen LogP contribution in [0.15, 0.2) is 12.1 Å². The van der Waals surface area contributed by atoms with Gasteiger partial charge in [-0.25, -0.2) is 5.10 Å². The minimum atomic E-state index is -0.354. The highest BCUT2D eigenvalue weighted by atomic mass is 35.5. The molecule has 3 aromatic rings. The molecule has 4 rings (SSSR count). The Kier molecular flexibility index (Phi) is 5.05. The number of phenols is 2. The predicted octanol–water partition coefficient (Wildman–Crippen LogP) is 2.11. The van der Waals surface area contributed by atoms with Gasteiger partial charge < -0.3 is 26.6 Å².